The molecule has 0 saturated carbocycles. The Hall–Kier alpha value is -1.84. The molecule has 1 N–H and O–H groups in total. The van der Waals surface area contributed by atoms with E-state index in [-0.39, 0.29) is 5.70 Å². The number of hydrogen-bond acceptors (Lipinski definition) is 2. The summed E-state index contributed by atoms with van der Waals surface area (Å²) in [4.78, 5) is 12.5. The Morgan fingerprint density at radius 3 is 2.83 bits per heavy atom. The van der Waals surface area contributed by atoms with Gasteiger partial charge in [0.15, 0.2) is 0 Å². The van der Waals surface area contributed by atoms with Crippen LogP contribution < -0.4 is 10.6 Å². The summed E-state index contributed by atoms with van der Waals surface area (Å²) in [6, 6.07) is 1.71. The Kier molecular flexibility index (Phi) is 2.09. The first kappa shape index (κ1) is 8.26. The molecule has 1 aromatic rings. The number of hydrogen-bond donors (Lipinski definition) is 1. The van der Waals surface area contributed by atoms with Crippen LogP contribution in [0.5, 0.6) is 0 Å². The molecule has 0 aliphatic rings. The molecular formula is C8H8N2O2. The summed E-state index contributed by atoms with van der Waals surface area (Å²) in [7, 11) is 0. The molecular weight excluding hydrogens is 156 g/mol. The Labute approximate surface area is 68.7 Å². The van der Waals surface area contributed by atoms with Crippen molar-refractivity contribution in [2.45, 2.75) is 0 Å². The molecule has 1 rings (SSSR count). The van der Waals surface area contributed by atoms with E-state index < -0.39 is 4.92 Å². The van der Waals surface area contributed by atoms with Crippen molar-refractivity contribution in [3.05, 3.63) is 45.2 Å². The molecule has 0 bridgehead atoms. The van der Waals surface area contributed by atoms with Crippen LogP contribution in [-0.2, 0) is 0 Å². The van der Waals surface area contributed by atoms with Gasteiger partial charge in [-0.25, -0.2) is 0 Å². The van der Waals surface area contributed by atoms with E-state index in [2.05, 4.69) is 18.1 Å². The minimum atomic E-state index is -0.535. The van der Waals surface area contributed by atoms with Gasteiger partial charge in [0.25, 0.3) is 5.70 Å². The summed E-state index contributed by atoms with van der Waals surface area (Å²) in [5.41, 5.74) is -0.139. The summed E-state index contributed by atoms with van der Waals surface area (Å²) < 4.78 is 0. The molecule has 1 aromatic heterocycles. The zero-order valence-electron chi connectivity index (χ0n) is 6.41. The minimum absolute atomic E-state index is 0.139. The molecule has 12 heavy (non-hydrogen) atoms. The van der Waals surface area contributed by atoms with Gasteiger partial charge in [0.2, 0.25) is 0 Å². The minimum Gasteiger partial charge on any atom is -0.362 e. The first-order valence-corrected chi connectivity index (χ1v) is 3.28. The first-order chi connectivity index (χ1) is 5.61. The van der Waals surface area contributed by atoms with E-state index in [1.165, 1.54) is 6.08 Å². The molecule has 0 aliphatic heterocycles. The van der Waals surface area contributed by atoms with Gasteiger partial charge >= 0.3 is 0 Å². The SMILES string of the molecule is C=C(/C=c1/cc[nH]c1=C)[N+](=O)[O-]. The van der Waals surface area contributed by atoms with E-state index in [9.17, 15) is 10.1 Å². The molecule has 0 atom stereocenters. The number of aromatic nitrogens is 1. The van der Waals surface area contributed by atoms with E-state index in [1.54, 1.807) is 12.3 Å². The van der Waals surface area contributed by atoms with Gasteiger partial charge in [-0.05, 0) is 12.6 Å². The fraction of sp³-hybridized carbons (Fsp3) is 0. The van der Waals surface area contributed by atoms with Crippen molar-refractivity contribution in [2.75, 3.05) is 0 Å². The Morgan fingerprint density at radius 2 is 2.42 bits per heavy atom. The van der Waals surface area contributed by atoms with Crippen molar-refractivity contribution in [3.8, 4) is 0 Å². The van der Waals surface area contributed by atoms with Gasteiger partial charge in [-0.15, -0.1) is 0 Å². The average Bonchev–Trinajstić information content (AvgIpc) is 2.36. The molecule has 0 unspecified atom stereocenters. The third kappa shape index (κ3) is 1.60. The van der Waals surface area contributed by atoms with E-state index in [1.807, 2.05) is 0 Å². The van der Waals surface area contributed by atoms with Crippen LogP contribution in [0, 0.1) is 10.1 Å². The third-order valence-corrected chi connectivity index (χ3v) is 1.43. The largest absolute Gasteiger partial charge is 0.362 e. The summed E-state index contributed by atoms with van der Waals surface area (Å²) in [5.74, 6) is 0. The van der Waals surface area contributed by atoms with Crippen LogP contribution in [0.25, 0.3) is 12.7 Å². The van der Waals surface area contributed by atoms with E-state index >= 15 is 0 Å². The predicted molar refractivity (Wildman–Crippen MR) is 46.2 cm³/mol. The van der Waals surface area contributed by atoms with Gasteiger partial charge in [0.1, 0.15) is 0 Å². The molecule has 62 valence electrons. The molecule has 0 aromatic carbocycles. The lowest BCUT2D eigenvalue weighted by Crippen LogP contribution is -2.20. The fourth-order valence-electron chi connectivity index (χ4n) is 0.783. The maximum atomic E-state index is 10.2. The van der Waals surface area contributed by atoms with Crippen molar-refractivity contribution >= 4 is 12.7 Å². The van der Waals surface area contributed by atoms with E-state index in [4.69, 9.17) is 0 Å². The average molecular weight is 164 g/mol. The van der Waals surface area contributed by atoms with Crippen LogP contribution in [-0.4, -0.2) is 9.91 Å². The summed E-state index contributed by atoms with van der Waals surface area (Å²) in [5, 5.41) is 11.5. The quantitative estimate of drug-likeness (QED) is 0.494. The van der Waals surface area contributed by atoms with Gasteiger partial charge < -0.3 is 4.98 Å². The smallest absolute Gasteiger partial charge is 0.262 e. The fourth-order valence-corrected chi connectivity index (χ4v) is 0.783. The van der Waals surface area contributed by atoms with Gasteiger partial charge in [0, 0.05) is 22.8 Å². The highest BCUT2D eigenvalue weighted by molar-refractivity contribution is 5.39. The summed E-state index contributed by atoms with van der Waals surface area (Å²) in [6.07, 6.45) is 3.04. The Morgan fingerprint density at radius 1 is 1.75 bits per heavy atom. The topological polar surface area (TPSA) is 58.9 Å². The van der Waals surface area contributed by atoms with Crippen LogP contribution in [0.2, 0.25) is 0 Å². The van der Waals surface area contributed by atoms with Gasteiger partial charge in [-0.3, -0.25) is 10.1 Å². The number of rotatable bonds is 2. The summed E-state index contributed by atoms with van der Waals surface area (Å²) >= 11 is 0. The van der Waals surface area contributed by atoms with Crippen LogP contribution in [0.15, 0.2) is 24.5 Å². The maximum Gasteiger partial charge on any atom is 0.262 e. The Bertz CT molecular complexity index is 417. The second-order valence-corrected chi connectivity index (χ2v) is 2.30. The van der Waals surface area contributed by atoms with E-state index in [0.717, 1.165) is 0 Å². The zero-order valence-corrected chi connectivity index (χ0v) is 6.41. The Balaban J connectivity index is 3.15. The third-order valence-electron chi connectivity index (χ3n) is 1.43. The van der Waals surface area contributed by atoms with Crippen molar-refractivity contribution in [3.63, 3.8) is 0 Å². The molecule has 4 nitrogen and oxygen atoms in total. The zero-order chi connectivity index (χ0) is 9.14. The highest BCUT2D eigenvalue weighted by atomic mass is 16.6. The number of allylic oxidation sites excluding steroid dienone is 1. The van der Waals surface area contributed by atoms with Crippen LogP contribution >= 0.6 is 0 Å². The van der Waals surface area contributed by atoms with Gasteiger partial charge in [0.05, 0.1) is 4.92 Å². The summed E-state index contributed by atoms with van der Waals surface area (Å²) in [6.45, 7) is 6.92. The van der Waals surface area contributed by atoms with Crippen LogP contribution in [0.3, 0.4) is 0 Å². The predicted octanol–water partition coefficient (Wildman–Crippen LogP) is -0.00410. The van der Waals surface area contributed by atoms with Crippen molar-refractivity contribution < 1.29 is 4.92 Å². The lowest BCUT2D eigenvalue weighted by molar-refractivity contribution is -0.415. The monoisotopic (exact) mass is 164 g/mol. The second-order valence-electron chi connectivity index (χ2n) is 2.30. The number of aromatic amines is 1. The van der Waals surface area contributed by atoms with Crippen LogP contribution in [0.1, 0.15) is 0 Å². The molecule has 0 amide bonds. The number of nitrogens with one attached hydrogen (secondary N) is 1. The molecule has 0 saturated heterocycles. The van der Waals surface area contributed by atoms with Gasteiger partial charge in [-0.2, -0.15) is 0 Å². The first-order valence-electron chi connectivity index (χ1n) is 3.28. The molecule has 0 fully saturated rings. The lowest BCUT2D eigenvalue weighted by Gasteiger charge is -1.84. The highest BCUT2D eigenvalue weighted by Gasteiger charge is 1.99. The maximum absolute atomic E-state index is 10.2. The molecule has 0 radical (unpaired) electrons. The molecule has 0 aliphatic carbocycles. The van der Waals surface area contributed by atoms with Crippen molar-refractivity contribution in [2.24, 2.45) is 0 Å². The molecule has 0 spiro atoms. The van der Waals surface area contributed by atoms with E-state index in [0.29, 0.717) is 10.6 Å². The normalized spacial score (nSPS) is 11.5. The number of nitrogens with zero attached hydrogens (tertiary/aromatic N) is 1. The lowest BCUT2D eigenvalue weighted by atomic mass is 10.3. The highest BCUT2D eigenvalue weighted by Crippen LogP contribution is 1.90. The second kappa shape index (κ2) is 3.04. The van der Waals surface area contributed by atoms with Crippen molar-refractivity contribution in [1.82, 2.24) is 4.98 Å². The molecule has 1 heterocycles. The number of H-pyrrole nitrogens is 1. The number of nitro groups is 1. The van der Waals surface area contributed by atoms with Gasteiger partial charge in [-0.1, -0.05) is 6.58 Å². The standard InChI is InChI=1S/C8H8N2O2/c1-6(10(11)12)5-8-3-4-9-7(8)2/h3-5,9H,1-2H2/b8-5-. The molecule has 4 heteroatoms. The van der Waals surface area contributed by atoms with Crippen molar-refractivity contribution in [1.29, 1.82) is 0 Å². The van der Waals surface area contributed by atoms with Crippen LogP contribution in [0.4, 0.5) is 0 Å².